The monoisotopic (exact) mass is 337 g/mol. The van der Waals surface area contributed by atoms with Crippen molar-refractivity contribution in [1.29, 1.82) is 0 Å². The van der Waals surface area contributed by atoms with Gasteiger partial charge in [0.15, 0.2) is 8.24 Å². The first-order valence-corrected chi connectivity index (χ1v) is 11.4. The van der Waals surface area contributed by atoms with Crippen LogP contribution in [-0.4, -0.2) is 14.3 Å². The van der Waals surface area contributed by atoms with E-state index in [4.69, 9.17) is 0 Å². The summed E-state index contributed by atoms with van der Waals surface area (Å²) in [5, 5.41) is 3.22. The number of hydrogen-bond donors (Lipinski definition) is 1. The van der Waals surface area contributed by atoms with E-state index in [1.807, 2.05) is 0 Å². The summed E-state index contributed by atoms with van der Waals surface area (Å²) in [6.45, 7) is 7.28. The van der Waals surface area contributed by atoms with E-state index in [0.717, 1.165) is 0 Å². The second-order valence-electron chi connectivity index (χ2n) is 8.21. The molecule has 128 valence electrons. The van der Waals surface area contributed by atoms with Crippen molar-refractivity contribution in [3.8, 4) is 0 Å². The molecule has 1 N–H and O–H groups in total. The van der Waals surface area contributed by atoms with Crippen molar-refractivity contribution in [2.75, 3.05) is 0 Å². The fraction of sp³-hybridized carbons (Fsp3) is 0.455. The minimum absolute atomic E-state index is 0.202. The fourth-order valence-corrected chi connectivity index (χ4v) is 9.46. The second kappa shape index (κ2) is 7.24. The van der Waals surface area contributed by atoms with E-state index in [0.29, 0.717) is 6.04 Å². The molecule has 1 aliphatic rings. The molecule has 0 aliphatic heterocycles. The van der Waals surface area contributed by atoms with Crippen molar-refractivity contribution in [2.45, 2.75) is 64.0 Å². The van der Waals surface area contributed by atoms with E-state index in [1.54, 1.807) is 0 Å². The lowest BCUT2D eigenvalue weighted by atomic mass is 9.96. The predicted molar refractivity (Wildman–Crippen MR) is 108 cm³/mol. The molecule has 24 heavy (non-hydrogen) atoms. The molecule has 1 aliphatic carbocycles. The van der Waals surface area contributed by atoms with Gasteiger partial charge in [0, 0.05) is 6.04 Å². The van der Waals surface area contributed by atoms with Crippen molar-refractivity contribution >= 4 is 18.6 Å². The van der Waals surface area contributed by atoms with Gasteiger partial charge >= 0.3 is 0 Å². The zero-order valence-corrected chi connectivity index (χ0v) is 16.4. The molecule has 3 rings (SSSR count). The van der Waals surface area contributed by atoms with Gasteiger partial charge in [-0.25, -0.2) is 0 Å². The third-order valence-corrected chi connectivity index (χ3v) is 11.1. The summed E-state index contributed by atoms with van der Waals surface area (Å²) in [4.78, 5) is 4.28. The molecule has 0 bridgehead atoms. The molecular weight excluding hydrogens is 306 g/mol. The van der Waals surface area contributed by atoms with Gasteiger partial charge in [0.1, 0.15) is 0 Å². The Morgan fingerprint density at radius 1 is 0.750 bits per heavy atom. The standard InChI is InChI=1S/C22H31NSi/c1-22(2,3)24(20-15-9-5-10-16-20,21-17-11-6-12-18-21)23-19-13-7-4-8-14-19/h5-6,9-12,15-19,23H,4,7-8,13-14H2,1-3H3. The van der Waals surface area contributed by atoms with Crippen molar-refractivity contribution in [3.63, 3.8) is 0 Å². The van der Waals surface area contributed by atoms with Crippen LogP contribution in [0, 0.1) is 0 Å². The summed E-state index contributed by atoms with van der Waals surface area (Å²) in [7, 11) is -2.09. The van der Waals surface area contributed by atoms with E-state index in [9.17, 15) is 0 Å². The molecule has 1 fully saturated rings. The van der Waals surface area contributed by atoms with Gasteiger partial charge in [-0.1, -0.05) is 101 Å². The Labute approximate surface area is 148 Å². The van der Waals surface area contributed by atoms with Gasteiger partial charge < -0.3 is 4.98 Å². The van der Waals surface area contributed by atoms with Gasteiger partial charge in [0.2, 0.25) is 0 Å². The lowest BCUT2D eigenvalue weighted by Crippen LogP contribution is -2.75. The maximum absolute atomic E-state index is 4.28. The van der Waals surface area contributed by atoms with Crippen LogP contribution in [0.5, 0.6) is 0 Å². The Bertz CT molecular complexity index is 585. The summed E-state index contributed by atoms with van der Waals surface area (Å²) in [6.07, 6.45) is 6.79. The van der Waals surface area contributed by atoms with Gasteiger partial charge in [0.25, 0.3) is 0 Å². The molecule has 0 saturated heterocycles. The van der Waals surface area contributed by atoms with E-state index >= 15 is 0 Å². The molecular formula is C22H31NSi. The summed E-state index contributed by atoms with van der Waals surface area (Å²) in [5.41, 5.74) is 0. The molecule has 1 saturated carbocycles. The van der Waals surface area contributed by atoms with Crippen molar-refractivity contribution in [3.05, 3.63) is 60.7 Å². The smallest absolute Gasteiger partial charge is 0.195 e. The summed E-state index contributed by atoms with van der Waals surface area (Å²) < 4.78 is 0. The number of nitrogens with one attached hydrogen (secondary N) is 1. The third kappa shape index (κ3) is 3.36. The average molecular weight is 338 g/mol. The highest BCUT2D eigenvalue weighted by Crippen LogP contribution is 2.35. The first-order chi connectivity index (χ1) is 11.5. The molecule has 0 amide bonds. The topological polar surface area (TPSA) is 12.0 Å². The van der Waals surface area contributed by atoms with E-state index in [-0.39, 0.29) is 5.04 Å². The number of hydrogen-bond acceptors (Lipinski definition) is 1. The summed E-state index contributed by atoms with van der Waals surface area (Å²) >= 11 is 0. The van der Waals surface area contributed by atoms with Crippen molar-refractivity contribution < 1.29 is 0 Å². The first kappa shape index (κ1) is 17.4. The van der Waals surface area contributed by atoms with Gasteiger partial charge in [-0.05, 0) is 28.3 Å². The Balaban J connectivity index is 2.13. The van der Waals surface area contributed by atoms with Crippen LogP contribution < -0.4 is 15.4 Å². The maximum Gasteiger partial charge on any atom is 0.195 e. The van der Waals surface area contributed by atoms with Crippen LogP contribution in [0.15, 0.2) is 60.7 Å². The SMILES string of the molecule is CC(C)(C)[Si](NC1CCCCC1)(c1ccccc1)c1ccccc1. The molecule has 0 radical (unpaired) electrons. The third-order valence-electron chi connectivity index (χ3n) is 5.56. The first-order valence-electron chi connectivity index (χ1n) is 9.43. The highest BCUT2D eigenvalue weighted by atomic mass is 28.3. The van der Waals surface area contributed by atoms with Crippen LogP contribution in [0.1, 0.15) is 52.9 Å². The molecule has 0 spiro atoms. The van der Waals surface area contributed by atoms with Crippen molar-refractivity contribution in [1.82, 2.24) is 4.98 Å². The van der Waals surface area contributed by atoms with Crippen LogP contribution in [0.4, 0.5) is 0 Å². The zero-order valence-electron chi connectivity index (χ0n) is 15.4. The highest BCUT2D eigenvalue weighted by Gasteiger charge is 2.49. The van der Waals surface area contributed by atoms with Gasteiger partial charge in [-0.2, -0.15) is 0 Å². The van der Waals surface area contributed by atoms with E-state index in [1.165, 1.54) is 42.5 Å². The Morgan fingerprint density at radius 2 is 1.21 bits per heavy atom. The minimum Gasteiger partial charge on any atom is -0.327 e. The molecule has 2 aromatic rings. The highest BCUT2D eigenvalue weighted by molar-refractivity contribution is 7.02. The van der Waals surface area contributed by atoms with Crippen LogP contribution in [-0.2, 0) is 0 Å². The zero-order chi connectivity index (χ0) is 17.0. The lowest BCUT2D eigenvalue weighted by Gasteiger charge is -2.47. The summed E-state index contributed by atoms with van der Waals surface area (Å²) in [6, 6.07) is 23.1. The molecule has 2 aromatic carbocycles. The Kier molecular flexibility index (Phi) is 5.26. The molecule has 0 unspecified atom stereocenters. The van der Waals surface area contributed by atoms with Crippen molar-refractivity contribution in [2.24, 2.45) is 0 Å². The lowest BCUT2D eigenvalue weighted by molar-refractivity contribution is 0.411. The maximum atomic E-state index is 4.28. The second-order valence-corrected chi connectivity index (χ2v) is 12.7. The predicted octanol–water partition coefficient (Wildman–Crippen LogP) is 4.47. The Morgan fingerprint density at radius 3 is 1.62 bits per heavy atom. The average Bonchev–Trinajstić information content (AvgIpc) is 2.61. The quantitative estimate of drug-likeness (QED) is 0.812. The fourth-order valence-electron chi connectivity index (χ4n) is 4.35. The van der Waals surface area contributed by atoms with Gasteiger partial charge in [-0.3, -0.25) is 0 Å². The van der Waals surface area contributed by atoms with Gasteiger partial charge in [0.05, 0.1) is 0 Å². The minimum atomic E-state index is -2.09. The molecule has 0 heterocycles. The number of benzene rings is 2. The normalized spacial score (nSPS) is 17.0. The Hall–Kier alpha value is -1.38. The van der Waals surface area contributed by atoms with E-state index < -0.39 is 8.24 Å². The summed E-state index contributed by atoms with van der Waals surface area (Å²) in [5.74, 6) is 0. The van der Waals surface area contributed by atoms with Crippen LogP contribution >= 0.6 is 0 Å². The van der Waals surface area contributed by atoms with Crippen LogP contribution in [0.2, 0.25) is 5.04 Å². The number of rotatable bonds is 4. The molecule has 0 atom stereocenters. The molecule has 2 heteroatoms. The van der Waals surface area contributed by atoms with E-state index in [2.05, 4.69) is 86.4 Å². The molecule has 0 aromatic heterocycles. The van der Waals surface area contributed by atoms with Crippen LogP contribution in [0.3, 0.4) is 0 Å². The van der Waals surface area contributed by atoms with Crippen LogP contribution in [0.25, 0.3) is 0 Å². The molecule has 1 nitrogen and oxygen atoms in total. The largest absolute Gasteiger partial charge is 0.327 e. The van der Waals surface area contributed by atoms with Gasteiger partial charge in [-0.15, -0.1) is 0 Å².